The average molecular weight is 569 g/mol. The first kappa shape index (κ1) is 24.4. The molecule has 0 amide bonds. The van der Waals surface area contributed by atoms with E-state index in [9.17, 15) is 5.26 Å². The van der Waals surface area contributed by atoms with Gasteiger partial charge in [0.25, 0.3) is 0 Å². The Morgan fingerprint density at radius 3 is 2.35 bits per heavy atom. The fraction of sp³-hybridized carbons (Fsp3) is 0.0513. The summed E-state index contributed by atoms with van der Waals surface area (Å²) in [6, 6.07) is 45.3. The fourth-order valence-electron chi connectivity index (χ4n) is 6.79. The van der Waals surface area contributed by atoms with Crippen LogP contribution in [0.4, 0.5) is 0 Å². The molecule has 4 heteroatoms. The number of rotatable bonds is 2. The van der Waals surface area contributed by atoms with Crippen LogP contribution in [0.5, 0.6) is 0 Å². The maximum atomic E-state index is 9.55. The molecule has 1 aliphatic rings. The van der Waals surface area contributed by atoms with Crippen LogP contribution in [0.25, 0.3) is 71.7 Å². The number of para-hydroxylation sites is 3. The first-order valence-electron chi connectivity index (χ1n) is 14.4. The van der Waals surface area contributed by atoms with Gasteiger partial charge in [-0.25, -0.2) is 0 Å². The zero-order valence-corrected chi connectivity index (χ0v) is 24.0. The number of furan rings is 1. The van der Waals surface area contributed by atoms with Crippen LogP contribution >= 0.6 is 11.8 Å². The minimum absolute atomic E-state index is 0.680. The molecule has 8 aromatic rings. The highest BCUT2D eigenvalue weighted by molar-refractivity contribution is 7.97. The molecule has 0 saturated heterocycles. The minimum atomic E-state index is 0.680. The van der Waals surface area contributed by atoms with Gasteiger partial charge < -0.3 is 8.98 Å². The summed E-state index contributed by atoms with van der Waals surface area (Å²) in [7, 11) is 0. The quantitative estimate of drug-likeness (QED) is 0.208. The van der Waals surface area contributed by atoms with Crippen LogP contribution < -0.4 is 0 Å². The van der Waals surface area contributed by atoms with Crippen molar-refractivity contribution >= 4 is 55.5 Å². The molecule has 3 nitrogen and oxygen atoms in total. The fourth-order valence-corrected chi connectivity index (χ4v) is 7.82. The Morgan fingerprint density at radius 1 is 0.605 bits per heavy atom. The van der Waals surface area contributed by atoms with Gasteiger partial charge in [-0.15, -0.1) is 0 Å². The Labute approximate surface area is 252 Å². The number of nitriles is 1. The third-order valence-corrected chi connectivity index (χ3v) is 9.81. The molecular formula is C39H24N2OS. The molecule has 0 N–H and O–H groups in total. The van der Waals surface area contributed by atoms with Gasteiger partial charge in [0, 0.05) is 44.3 Å². The van der Waals surface area contributed by atoms with Crippen molar-refractivity contribution in [3.63, 3.8) is 0 Å². The van der Waals surface area contributed by atoms with Crippen LogP contribution in [0, 0.1) is 11.3 Å². The van der Waals surface area contributed by atoms with Gasteiger partial charge in [0.15, 0.2) is 0 Å². The molecule has 0 fully saturated rings. The molecule has 202 valence electrons. The zero-order valence-electron chi connectivity index (χ0n) is 23.2. The number of thioether (sulfide) groups is 1. The molecule has 0 saturated carbocycles. The van der Waals surface area contributed by atoms with Gasteiger partial charge in [0.05, 0.1) is 22.7 Å². The summed E-state index contributed by atoms with van der Waals surface area (Å²) in [5.74, 6) is 1.92. The van der Waals surface area contributed by atoms with E-state index < -0.39 is 0 Å². The molecule has 0 radical (unpaired) electrons. The predicted molar refractivity (Wildman–Crippen MR) is 179 cm³/mol. The van der Waals surface area contributed by atoms with Crippen LogP contribution in [0.2, 0.25) is 0 Å². The monoisotopic (exact) mass is 568 g/mol. The standard InChI is InChI=1S/C39H24N2OS/c40-21-24-12-17-37-35(18-24)31-6-1-3-10-36(31)41(37)28-15-16-29-27(19-28)23-43-22-26-14-13-25(20-34(26)29)30-8-5-9-33-32-7-2-4-11-38(32)42-39(30)33/h1-20H,22-23H2. The third-order valence-electron chi connectivity index (χ3n) is 8.78. The molecule has 0 atom stereocenters. The van der Waals surface area contributed by atoms with Gasteiger partial charge in [-0.05, 0) is 76.3 Å². The van der Waals surface area contributed by atoms with Crippen LogP contribution in [0.15, 0.2) is 126 Å². The minimum Gasteiger partial charge on any atom is -0.455 e. The van der Waals surface area contributed by atoms with Crippen molar-refractivity contribution in [2.24, 2.45) is 0 Å². The van der Waals surface area contributed by atoms with Crippen molar-refractivity contribution in [3.8, 4) is 34.0 Å². The Bertz CT molecular complexity index is 2460. The molecule has 43 heavy (non-hydrogen) atoms. The van der Waals surface area contributed by atoms with Gasteiger partial charge in [-0.3, -0.25) is 0 Å². The SMILES string of the molecule is N#Cc1ccc2c(c1)c1ccccc1n2-c1ccc2c(c1)CSCc1ccc(-c3cccc4c3oc3ccccc34)cc1-2. The van der Waals surface area contributed by atoms with E-state index in [-0.39, 0.29) is 0 Å². The van der Waals surface area contributed by atoms with Gasteiger partial charge in [0.1, 0.15) is 11.2 Å². The Balaban J connectivity index is 1.21. The number of fused-ring (bicyclic) bond motifs is 9. The molecule has 1 aliphatic heterocycles. The molecule has 2 aromatic heterocycles. The smallest absolute Gasteiger partial charge is 0.143 e. The number of nitrogens with zero attached hydrogens (tertiary/aromatic N) is 2. The van der Waals surface area contributed by atoms with E-state index in [1.54, 1.807) is 0 Å². The van der Waals surface area contributed by atoms with E-state index in [1.807, 2.05) is 36.0 Å². The predicted octanol–water partition coefficient (Wildman–Crippen LogP) is 10.6. The average Bonchev–Trinajstić information content (AvgIpc) is 3.54. The van der Waals surface area contributed by atoms with Crippen LogP contribution in [-0.4, -0.2) is 4.57 Å². The summed E-state index contributed by atoms with van der Waals surface area (Å²) in [6.07, 6.45) is 0. The summed E-state index contributed by atoms with van der Waals surface area (Å²) >= 11 is 1.96. The highest BCUT2D eigenvalue weighted by Gasteiger charge is 2.20. The Morgan fingerprint density at radius 2 is 1.42 bits per heavy atom. The van der Waals surface area contributed by atoms with Gasteiger partial charge >= 0.3 is 0 Å². The highest BCUT2D eigenvalue weighted by Crippen LogP contribution is 2.42. The molecule has 0 unspecified atom stereocenters. The maximum absolute atomic E-state index is 9.55. The topological polar surface area (TPSA) is 41.9 Å². The largest absolute Gasteiger partial charge is 0.455 e. The Hall–Kier alpha value is -5.24. The molecule has 9 rings (SSSR count). The molecule has 0 bridgehead atoms. The van der Waals surface area contributed by atoms with Crippen LogP contribution in [-0.2, 0) is 11.5 Å². The van der Waals surface area contributed by atoms with E-state index in [1.165, 1.54) is 27.8 Å². The van der Waals surface area contributed by atoms with E-state index in [0.717, 1.165) is 66.5 Å². The zero-order chi connectivity index (χ0) is 28.5. The molecular weight excluding hydrogens is 545 g/mol. The summed E-state index contributed by atoms with van der Waals surface area (Å²) in [5.41, 5.74) is 13.5. The number of aromatic nitrogens is 1. The first-order valence-corrected chi connectivity index (χ1v) is 15.6. The van der Waals surface area contributed by atoms with Crippen molar-refractivity contribution in [2.75, 3.05) is 0 Å². The van der Waals surface area contributed by atoms with E-state index in [0.29, 0.717) is 5.56 Å². The van der Waals surface area contributed by atoms with Crippen molar-refractivity contribution in [1.82, 2.24) is 4.57 Å². The number of benzene rings is 6. The van der Waals surface area contributed by atoms with Crippen molar-refractivity contribution in [3.05, 3.63) is 138 Å². The molecule has 6 aromatic carbocycles. The second-order valence-electron chi connectivity index (χ2n) is 11.2. The lowest BCUT2D eigenvalue weighted by molar-refractivity contribution is 0.670. The van der Waals surface area contributed by atoms with E-state index >= 15 is 0 Å². The highest BCUT2D eigenvalue weighted by atomic mass is 32.2. The van der Waals surface area contributed by atoms with Crippen molar-refractivity contribution < 1.29 is 4.42 Å². The molecule has 0 aliphatic carbocycles. The summed E-state index contributed by atoms with van der Waals surface area (Å²) in [4.78, 5) is 0. The van der Waals surface area contributed by atoms with Crippen LogP contribution in [0.1, 0.15) is 16.7 Å². The van der Waals surface area contributed by atoms with Gasteiger partial charge in [0.2, 0.25) is 0 Å². The van der Waals surface area contributed by atoms with Gasteiger partial charge in [-0.2, -0.15) is 17.0 Å². The van der Waals surface area contributed by atoms with Crippen LogP contribution in [0.3, 0.4) is 0 Å². The van der Waals surface area contributed by atoms with Crippen molar-refractivity contribution in [2.45, 2.75) is 11.5 Å². The van der Waals surface area contributed by atoms with Gasteiger partial charge in [-0.1, -0.05) is 72.8 Å². The second-order valence-corrected chi connectivity index (χ2v) is 12.2. The third kappa shape index (κ3) is 3.69. The summed E-state index contributed by atoms with van der Waals surface area (Å²) in [5, 5.41) is 14.1. The lowest BCUT2D eigenvalue weighted by atomic mass is 9.92. The number of hydrogen-bond donors (Lipinski definition) is 0. The summed E-state index contributed by atoms with van der Waals surface area (Å²) < 4.78 is 8.73. The maximum Gasteiger partial charge on any atom is 0.143 e. The summed E-state index contributed by atoms with van der Waals surface area (Å²) in [6.45, 7) is 0. The lowest BCUT2D eigenvalue weighted by Gasteiger charge is -2.15. The van der Waals surface area contributed by atoms with E-state index in [4.69, 9.17) is 4.42 Å². The lowest BCUT2D eigenvalue weighted by Crippen LogP contribution is -1.97. The molecule has 3 heterocycles. The second kappa shape index (κ2) is 9.39. The van der Waals surface area contributed by atoms with E-state index in [2.05, 4.69) is 108 Å². The Kier molecular flexibility index (Phi) is 5.32. The number of hydrogen-bond acceptors (Lipinski definition) is 3. The first-order chi connectivity index (χ1) is 21.3. The molecule has 0 spiro atoms. The normalized spacial score (nSPS) is 12.8. The van der Waals surface area contributed by atoms with Crippen molar-refractivity contribution in [1.29, 1.82) is 5.26 Å².